The monoisotopic (exact) mass is 440 g/mol. The van der Waals surface area contributed by atoms with Crippen molar-refractivity contribution in [3.05, 3.63) is 101 Å². The molecular formula is C26H24N4OS. The topological polar surface area (TPSA) is 63.7 Å². The van der Waals surface area contributed by atoms with Crippen LogP contribution in [-0.4, -0.2) is 20.0 Å². The Kier molecular flexibility index (Phi) is 6.88. The fraction of sp³-hybridized carbons (Fsp3) is 0.192. The molecule has 0 fully saturated rings. The maximum absolute atomic E-state index is 9.80. The van der Waals surface area contributed by atoms with Gasteiger partial charge in [0.2, 0.25) is 0 Å². The van der Waals surface area contributed by atoms with Crippen molar-refractivity contribution < 1.29 is 4.74 Å². The maximum atomic E-state index is 9.80. The largest absolute Gasteiger partial charge is 0.485 e. The number of para-hydroxylation sites is 2. The minimum atomic E-state index is -0.283. The molecule has 1 unspecified atom stereocenters. The third-order valence-corrected chi connectivity index (χ3v) is 6.13. The van der Waals surface area contributed by atoms with Crippen LogP contribution in [0.2, 0.25) is 0 Å². The summed E-state index contributed by atoms with van der Waals surface area (Å²) >= 11 is 1.43. The third kappa shape index (κ3) is 5.19. The Morgan fingerprint density at radius 3 is 2.38 bits per heavy atom. The average Bonchev–Trinajstić information content (AvgIpc) is 3.22. The van der Waals surface area contributed by atoms with E-state index in [0.29, 0.717) is 17.4 Å². The van der Waals surface area contributed by atoms with Gasteiger partial charge in [0.1, 0.15) is 17.6 Å². The Morgan fingerprint density at radius 2 is 1.66 bits per heavy atom. The molecule has 3 aromatic carbocycles. The first-order valence-corrected chi connectivity index (χ1v) is 11.3. The summed E-state index contributed by atoms with van der Waals surface area (Å²) in [7, 11) is 0. The van der Waals surface area contributed by atoms with Crippen molar-refractivity contribution in [2.45, 2.75) is 37.3 Å². The molecule has 0 radical (unpaired) electrons. The first-order chi connectivity index (χ1) is 15.6. The molecular weight excluding hydrogens is 416 g/mol. The van der Waals surface area contributed by atoms with Gasteiger partial charge in [-0.2, -0.15) is 5.26 Å². The number of rotatable bonds is 8. The quantitative estimate of drug-likeness (QED) is 0.329. The van der Waals surface area contributed by atoms with Crippen LogP contribution in [0.5, 0.6) is 5.75 Å². The normalized spacial score (nSPS) is 11.7. The van der Waals surface area contributed by atoms with Crippen LogP contribution in [0.15, 0.2) is 84.0 Å². The van der Waals surface area contributed by atoms with Crippen LogP contribution in [0.25, 0.3) is 5.69 Å². The van der Waals surface area contributed by atoms with Gasteiger partial charge in [0.05, 0.1) is 6.07 Å². The highest BCUT2D eigenvalue weighted by molar-refractivity contribution is 8.00. The summed E-state index contributed by atoms with van der Waals surface area (Å²) in [6.45, 7) is 4.35. The summed E-state index contributed by atoms with van der Waals surface area (Å²) in [4.78, 5) is 0. The lowest BCUT2D eigenvalue weighted by atomic mass is 10.1. The molecule has 0 amide bonds. The van der Waals surface area contributed by atoms with Crippen LogP contribution < -0.4 is 4.74 Å². The molecule has 0 aliphatic heterocycles. The zero-order valence-electron chi connectivity index (χ0n) is 18.1. The fourth-order valence-corrected chi connectivity index (χ4v) is 4.33. The number of ether oxygens (including phenoxy) is 1. The predicted octanol–water partition coefficient (Wildman–Crippen LogP) is 5.69. The van der Waals surface area contributed by atoms with Gasteiger partial charge in [-0.25, -0.2) is 0 Å². The van der Waals surface area contributed by atoms with Gasteiger partial charge < -0.3 is 4.74 Å². The number of aromatic nitrogens is 3. The van der Waals surface area contributed by atoms with E-state index in [-0.39, 0.29) is 11.9 Å². The van der Waals surface area contributed by atoms with Crippen LogP contribution in [0.4, 0.5) is 0 Å². The minimum Gasteiger partial charge on any atom is -0.485 e. The smallest absolute Gasteiger partial charge is 0.197 e. The molecule has 6 heteroatoms. The Bertz CT molecular complexity index is 1210. The fourth-order valence-electron chi connectivity index (χ4n) is 3.35. The number of hydrogen-bond acceptors (Lipinski definition) is 5. The lowest BCUT2D eigenvalue weighted by molar-refractivity contribution is 0.291. The van der Waals surface area contributed by atoms with Crippen molar-refractivity contribution in [2.24, 2.45) is 0 Å². The van der Waals surface area contributed by atoms with Crippen LogP contribution in [0, 0.1) is 25.2 Å². The molecule has 4 rings (SSSR count). The van der Waals surface area contributed by atoms with Crippen molar-refractivity contribution in [2.75, 3.05) is 0 Å². The van der Waals surface area contributed by atoms with E-state index in [1.54, 1.807) is 0 Å². The van der Waals surface area contributed by atoms with Gasteiger partial charge in [0, 0.05) is 5.69 Å². The molecule has 0 spiro atoms. The summed E-state index contributed by atoms with van der Waals surface area (Å²) < 4.78 is 8.01. The molecule has 4 aromatic rings. The molecule has 0 saturated heterocycles. The molecule has 32 heavy (non-hydrogen) atoms. The lowest BCUT2D eigenvalue weighted by Gasteiger charge is -2.13. The highest BCUT2D eigenvalue weighted by Gasteiger charge is 2.20. The van der Waals surface area contributed by atoms with Crippen LogP contribution in [-0.2, 0) is 13.0 Å². The van der Waals surface area contributed by atoms with Gasteiger partial charge >= 0.3 is 0 Å². The first kappa shape index (κ1) is 21.7. The minimum absolute atomic E-state index is 0.280. The molecule has 5 nitrogen and oxygen atoms in total. The molecule has 0 saturated carbocycles. The van der Waals surface area contributed by atoms with Gasteiger partial charge in [-0.15, -0.1) is 10.2 Å². The highest BCUT2D eigenvalue weighted by atomic mass is 32.2. The van der Waals surface area contributed by atoms with Gasteiger partial charge in [0.15, 0.2) is 11.0 Å². The van der Waals surface area contributed by atoms with E-state index in [1.165, 1.54) is 17.3 Å². The number of thioether (sulfide) groups is 1. The third-order valence-electron chi connectivity index (χ3n) is 5.10. The molecule has 1 atom stereocenters. The van der Waals surface area contributed by atoms with E-state index in [4.69, 9.17) is 4.74 Å². The van der Waals surface area contributed by atoms with Crippen LogP contribution in [0.1, 0.15) is 22.5 Å². The summed E-state index contributed by atoms with van der Waals surface area (Å²) in [6.07, 6.45) is 0.637. The van der Waals surface area contributed by atoms with Gasteiger partial charge in [-0.05, 0) is 49.6 Å². The van der Waals surface area contributed by atoms with Gasteiger partial charge in [-0.1, -0.05) is 78.0 Å². The number of nitrogens with zero attached hydrogens (tertiary/aromatic N) is 4. The van der Waals surface area contributed by atoms with Crippen LogP contribution >= 0.6 is 11.8 Å². The van der Waals surface area contributed by atoms with Crippen molar-refractivity contribution in [3.8, 4) is 17.5 Å². The number of benzene rings is 3. The van der Waals surface area contributed by atoms with Gasteiger partial charge in [0.25, 0.3) is 0 Å². The molecule has 0 bridgehead atoms. The zero-order valence-corrected chi connectivity index (χ0v) is 18.9. The second-order valence-electron chi connectivity index (χ2n) is 7.55. The second kappa shape index (κ2) is 10.2. The van der Waals surface area contributed by atoms with Crippen molar-refractivity contribution in [1.29, 1.82) is 5.26 Å². The molecule has 0 N–H and O–H groups in total. The molecule has 160 valence electrons. The molecule has 1 aromatic heterocycles. The second-order valence-corrected chi connectivity index (χ2v) is 8.72. The average molecular weight is 441 g/mol. The maximum Gasteiger partial charge on any atom is 0.197 e. The van der Waals surface area contributed by atoms with E-state index in [1.807, 2.05) is 66.1 Å². The molecule has 0 aliphatic rings. The Balaban J connectivity index is 1.59. The van der Waals surface area contributed by atoms with Crippen molar-refractivity contribution in [1.82, 2.24) is 14.8 Å². The summed E-state index contributed by atoms with van der Waals surface area (Å²) in [5.41, 5.74) is 4.34. The van der Waals surface area contributed by atoms with E-state index in [2.05, 4.69) is 47.5 Å². The summed E-state index contributed by atoms with van der Waals surface area (Å²) in [6, 6.07) is 28.5. The van der Waals surface area contributed by atoms with Crippen LogP contribution in [0.3, 0.4) is 0 Å². The number of hydrogen-bond donors (Lipinski definition) is 0. The van der Waals surface area contributed by atoms with E-state index in [0.717, 1.165) is 22.6 Å². The SMILES string of the molecule is Cc1ccc(CC(C#N)Sc2nnc(COc3ccccc3C)n2-c2ccccc2)cc1. The van der Waals surface area contributed by atoms with E-state index in [9.17, 15) is 5.26 Å². The Morgan fingerprint density at radius 1 is 0.938 bits per heavy atom. The van der Waals surface area contributed by atoms with Gasteiger partial charge in [-0.3, -0.25) is 4.57 Å². The summed E-state index contributed by atoms with van der Waals surface area (Å²) in [5, 5.41) is 19.0. The lowest BCUT2D eigenvalue weighted by Crippen LogP contribution is -2.09. The zero-order chi connectivity index (χ0) is 22.3. The summed E-state index contributed by atoms with van der Waals surface area (Å²) in [5.74, 6) is 1.51. The standard InChI is InChI=1S/C26H24N4OS/c1-19-12-14-21(15-13-19)16-23(17-27)32-26-29-28-25(30(26)22-9-4-3-5-10-22)18-31-24-11-7-6-8-20(24)2/h3-15,23H,16,18H2,1-2H3. The van der Waals surface area contributed by atoms with E-state index < -0.39 is 0 Å². The van der Waals surface area contributed by atoms with Crippen molar-refractivity contribution >= 4 is 11.8 Å². The molecule has 0 aliphatic carbocycles. The predicted molar refractivity (Wildman–Crippen MR) is 127 cm³/mol. The van der Waals surface area contributed by atoms with Crippen molar-refractivity contribution in [3.63, 3.8) is 0 Å². The highest BCUT2D eigenvalue weighted by Crippen LogP contribution is 2.28. The van der Waals surface area contributed by atoms with E-state index >= 15 is 0 Å². The number of nitriles is 1. The Labute approximate surface area is 192 Å². The first-order valence-electron chi connectivity index (χ1n) is 10.4. The number of aryl methyl sites for hydroxylation is 2. The Hall–Kier alpha value is -3.56. The molecule has 1 heterocycles.